The molecule has 0 bridgehead atoms. The SMILES string of the molecule is CC(C)c1cc(Cl)nc(-n2ccnc2)n1. The fourth-order valence-electron chi connectivity index (χ4n) is 1.21. The highest BCUT2D eigenvalue weighted by atomic mass is 35.5. The maximum Gasteiger partial charge on any atom is 0.236 e. The summed E-state index contributed by atoms with van der Waals surface area (Å²) in [6.07, 6.45) is 5.12. The molecule has 0 fully saturated rings. The van der Waals surface area contributed by atoms with E-state index in [-0.39, 0.29) is 0 Å². The molecule has 0 unspecified atom stereocenters. The summed E-state index contributed by atoms with van der Waals surface area (Å²) >= 11 is 5.93. The van der Waals surface area contributed by atoms with Crippen LogP contribution in [0.15, 0.2) is 24.8 Å². The van der Waals surface area contributed by atoms with Gasteiger partial charge in [0.2, 0.25) is 5.95 Å². The third kappa shape index (κ3) is 2.15. The maximum absolute atomic E-state index is 5.93. The summed E-state index contributed by atoms with van der Waals surface area (Å²) in [6, 6.07) is 1.78. The smallest absolute Gasteiger partial charge is 0.236 e. The van der Waals surface area contributed by atoms with Gasteiger partial charge in [0.05, 0.1) is 5.69 Å². The Kier molecular flexibility index (Phi) is 2.68. The van der Waals surface area contributed by atoms with Crippen LogP contribution in [0.2, 0.25) is 5.15 Å². The minimum atomic E-state index is 0.327. The van der Waals surface area contributed by atoms with Crippen molar-refractivity contribution >= 4 is 11.6 Å². The van der Waals surface area contributed by atoms with Gasteiger partial charge in [0.1, 0.15) is 11.5 Å². The van der Waals surface area contributed by atoms with E-state index < -0.39 is 0 Å². The summed E-state index contributed by atoms with van der Waals surface area (Å²) in [4.78, 5) is 12.5. The predicted octanol–water partition coefficient (Wildman–Crippen LogP) is 2.44. The van der Waals surface area contributed by atoms with Gasteiger partial charge >= 0.3 is 0 Å². The Hall–Kier alpha value is -1.42. The van der Waals surface area contributed by atoms with E-state index >= 15 is 0 Å². The monoisotopic (exact) mass is 222 g/mol. The Morgan fingerprint density at radius 3 is 2.73 bits per heavy atom. The molecule has 0 radical (unpaired) electrons. The average molecular weight is 223 g/mol. The molecule has 0 spiro atoms. The van der Waals surface area contributed by atoms with Gasteiger partial charge in [-0.2, -0.15) is 0 Å². The van der Waals surface area contributed by atoms with Crippen LogP contribution in [0.25, 0.3) is 5.95 Å². The second-order valence-electron chi connectivity index (χ2n) is 3.54. The van der Waals surface area contributed by atoms with Gasteiger partial charge < -0.3 is 0 Å². The molecular formula is C10H11ClN4. The summed E-state index contributed by atoms with van der Waals surface area (Å²) in [7, 11) is 0. The molecule has 4 nitrogen and oxygen atoms in total. The molecule has 2 rings (SSSR count). The van der Waals surface area contributed by atoms with E-state index in [9.17, 15) is 0 Å². The fourth-order valence-corrected chi connectivity index (χ4v) is 1.40. The number of imidazole rings is 1. The lowest BCUT2D eigenvalue weighted by molar-refractivity contribution is 0.792. The first-order valence-electron chi connectivity index (χ1n) is 4.69. The molecule has 0 saturated carbocycles. The second-order valence-corrected chi connectivity index (χ2v) is 3.93. The van der Waals surface area contributed by atoms with Crippen molar-refractivity contribution in [2.75, 3.05) is 0 Å². The van der Waals surface area contributed by atoms with Crippen LogP contribution in [0, 0.1) is 0 Å². The minimum absolute atomic E-state index is 0.327. The lowest BCUT2D eigenvalue weighted by Gasteiger charge is -2.07. The second kappa shape index (κ2) is 3.98. The van der Waals surface area contributed by atoms with Gasteiger partial charge in [0.15, 0.2) is 0 Å². The molecule has 0 saturated heterocycles. The molecule has 2 aromatic heterocycles. The van der Waals surface area contributed by atoms with Gasteiger partial charge in [0.25, 0.3) is 0 Å². The first-order valence-corrected chi connectivity index (χ1v) is 5.07. The number of hydrogen-bond donors (Lipinski definition) is 0. The summed E-state index contributed by atoms with van der Waals surface area (Å²) in [5, 5.41) is 0.456. The third-order valence-electron chi connectivity index (χ3n) is 2.03. The summed E-state index contributed by atoms with van der Waals surface area (Å²) in [5.41, 5.74) is 0.929. The summed E-state index contributed by atoms with van der Waals surface area (Å²) in [6.45, 7) is 4.13. The van der Waals surface area contributed by atoms with Gasteiger partial charge in [-0.15, -0.1) is 0 Å². The van der Waals surface area contributed by atoms with Crippen molar-refractivity contribution in [3.63, 3.8) is 0 Å². The molecule has 0 aliphatic carbocycles. The molecule has 0 aliphatic heterocycles. The topological polar surface area (TPSA) is 43.6 Å². The van der Waals surface area contributed by atoms with E-state index in [1.165, 1.54) is 0 Å². The molecule has 15 heavy (non-hydrogen) atoms. The molecule has 78 valence electrons. The Bertz CT molecular complexity index is 450. The largest absolute Gasteiger partial charge is 0.274 e. The molecule has 2 aromatic rings. The number of halogens is 1. The number of hydrogen-bond acceptors (Lipinski definition) is 3. The van der Waals surface area contributed by atoms with Crippen molar-refractivity contribution in [1.82, 2.24) is 19.5 Å². The molecule has 5 heteroatoms. The molecule has 0 aliphatic rings. The van der Waals surface area contributed by atoms with Crippen LogP contribution in [-0.2, 0) is 0 Å². The first kappa shape index (κ1) is 10.1. The maximum atomic E-state index is 5.93. The molecule has 0 atom stereocenters. The van der Waals surface area contributed by atoms with Gasteiger partial charge in [-0.1, -0.05) is 25.4 Å². The van der Waals surface area contributed by atoms with E-state index in [1.807, 2.05) is 0 Å². The van der Waals surface area contributed by atoms with Gasteiger partial charge in [-0.05, 0) is 12.0 Å². The third-order valence-corrected chi connectivity index (χ3v) is 2.22. The van der Waals surface area contributed by atoms with E-state index in [4.69, 9.17) is 11.6 Å². The van der Waals surface area contributed by atoms with Crippen molar-refractivity contribution in [2.24, 2.45) is 0 Å². The Morgan fingerprint density at radius 2 is 2.13 bits per heavy atom. The van der Waals surface area contributed by atoms with Gasteiger partial charge in [-0.3, -0.25) is 4.57 Å². The van der Waals surface area contributed by atoms with Crippen LogP contribution in [0.1, 0.15) is 25.5 Å². The van der Waals surface area contributed by atoms with Crippen LogP contribution in [0.5, 0.6) is 0 Å². The number of aromatic nitrogens is 4. The van der Waals surface area contributed by atoms with Gasteiger partial charge in [0, 0.05) is 12.4 Å². The molecule has 2 heterocycles. The van der Waals surface area contributed by atoms with E-state index in [0.29, 0.717) is 17.0 Å². The zero-order valence-electron chi connectivity index (χ0n) is 8.55. The summed E-state index contributed by atoms with van der Waals surface area (Å²) in [5.74, 6) is 0.886. The van der Waals surface area contributed by atoms with E-state index in [0.717, 1.165) is 5.69 Å². The lowest BCUT2D eigenvalue weighted by Crippen LogP contribution is -2.03. The predicted molar refractivity (Wildman–Crippen MR) is 58.3 cm³/mol. The van der Waals surface area contributed by atoms with Crippen LogP contribution in [0.3, 0.4) is 0 Å². The average Bonchev–Trinajstić information content (AvgIpc) is 2.69. The van der Waals surface area contributed by atoms with Crippen molar-refractivity contribution in [2.45, 2.75) is 19.8 Å². The zero-order valence-corrected chi connectivity index (χ0v) is 9.31. The Morgan fingerprint density at radius 1 is 1.33 bits per heavy atom. The summed E-state index contributed by atoms with van der Waals surface area (Å²) < 4.78 is 1.73. The van der Waals surface area contributed by atoms with Crippen molar-refractivity contribution < 1.29 is 0 Å². The quantitative estimate of drug-likeness (QED) is 0.733. The molecule has 0 aromatic carbocycles. The van der Waals surface area contributed by atoms with Crippen LogP contribution in [-0.4, -0.2) is 19.5 Å². The van der Waals surface area contributed by atoms with Crippen LogP contribution < -0.4 is 0 Å². The highest BCUT2D eigenvalue weighted by molar-refractivity contribution is 6.29. The molecular weight excluding hydrogens is 212 g/mol. The highest BCUT2D eigenvalue weighted by Gasteiger charge is 2.07. The number of rotatable bonds is 2. The fraction of sp³-hybridized carbons (Fsp3) is 0.300. The van der Waals surface area contributed by atoms with Crippen molar-refractivity contribution in [1.29, 1.82) is 0 Å². The zero-order chi connectivity index (χ0) is 10.8. The van der Waals surface area contributed by atoms with Gasteiger partial charge in [-0.25, -0.2) is 15.0 Å². The first-order chi connectivity index (χ1) is 7.16. The minimum Gasteiger partial charge on any atom is -0.274 e. The normalized spacial score (nSPS) is 10.9. The van der Waals surface area contributed by atoms with Crippen LogP contribution >= 0.6 is 11.6 Å². The van der Waals surface area contributed by atoms with E-state index in [2.05, 4.69) is 28.8 Å². The lowest BCUT2D eigenvalue weighted by atomic mass is 10.1. The van der Waals surface area contributed by atoms with Crippen molar-refractivity contribution in [3.05, 3.63) is 35.6 Å². The van der Waals surface area contributed by atoms with Crippen molar-refractivity contribution in [3.8, 4) is 5.95 Å². The Balaban J connectivity index is 2.49. The van der Waals surface area contributed by atoms with Crippen LogP contribution in [0.4, 0.5) is 0 Å². The standard InChI is InChI=1S/C10H11ClN4/c1-7(2)8-5-9(11)14-10(13-8)15-4-3-12-6-15/h3-7H,1-2H3. The molecule has 0 N–H and O–H groups in total. The van der Waals surface area contributed by atoms with E-state index in [1.54, 1.807) is 29.4 Å². The Labute approximate surface area is 93.0 Å². The molecule has 0 amide bonds. The number of nitrogens with zero attached hydrogens (tertiary/aromatic N) is 4. The highest BCUT2D eigenvalue weighted by Crippen LogP contribution is 2.16.